The van der Waals surface area contributed by atoms with Crippen molar-refractivity contribution in [1.82, 2.24) is 0 Å². The SMILES string of the molecule is O=C(O)CCCSCc1ccco1. The number of furan rings is 1. The highest BCUT2D eigenvalue weighted by Crippen LogP contribution is 2.13. The Morgan fingerprint density at radius 3 is 3.08 bits per heavy atom. The van der Waals surface area contributed by atoms with Crippen molar-refractivity contribution >= 4 is 17.7 Å². The Hall–Kier alpha value is -0.900. The van der Waals surface area contributed by atoms with Crippen molar-refractivity contribution in [3.63, 3.8) is 0 Å². The average molecular weight is 200 g/mol. The van der Waals surface area contributed by atoms with E-state index in [-0.39, 0.29) is 6.42 Å². The lowest BCUT2D eigenvalue weighted by atomic mass is 10.3. The molecule has 13 heavy (non-hydrogen) atoms. The zero-order valence-corrected chi connectivity index (χ0v) is 8.05. The zero-order chi connectivity index (χ0) is 9.52. The summed E-state index contributed by atoms with van der Waals surface area (Å²) >= 11 is 1.70. The molecule has 1 aromatic rings. The van der Waals surface area contributed by atoms with Crippen molar-refractivity contribution in [2.75, 3.05) is 5.75 Å². The van der Waals surface area contributed by atoms with E-state index in [1.807, 2.05) is 12.1 Å². The highest BCUT2D eigenvalue weighted by molar-refractivity contribution is 7.98. The lowest BCUT2D eigenvalue weighted by Crippen LogP contribution is -1.94. The highest BCUT2D eigenvalue weighted by Gasteiger charge is 1.98. The van der Waals surface area contributed by atoms with Crippen LogP contribution in [0.5, 0.6) is 0 Å². The third-order valence-corrected chi connectivity index (χ3v) is 2.57. The molecule has 0 bridgehead atoms. The molecule has 1 heterocycles. The van der Waals surface area contributed by atoms with Crippen molar-refractivity contribution in [2.24, 2.45) is 0 Å². The van der Waals surface area contributed by atoms with Crippen LogP contribution in [0.4, 0.5) is 0 Å². The Morgan fingerprint density at radius 1 is 1.62 bits per heavy atom. The molecule has 0 aliphatic rings. The van der Waals surface area contributed by atoms with Crippen LogP contribution in [-0.4, -0.2) is 16.8 Å². The van der Waals surface area contributed by atoms with Gasteiger partial charge in [-0.2, -0.15) is 11.8 Å². The van der Waals surface area contributed by atoms with Crippen molar-refractivity contribution in [1.29, 1.82) is 0 Å². The Labute approximate surface area is 81.1 Å². The summed E-state index contributed by atoms with van der Waals surface area (Å²) in [4.78, 5) is 10.2. The van der Waals surface area contributed by atoms with Gasteiger partial charge in [0.15, 0.2) is 0 Å². The number of thioether (sulfide) groups is 1. The minimum absolute atomic E-state index is 0.255. The molecule has 0 saturated carbocycles. The Balaban J connectivity index is 1.99. The lowest BCUT2D eigenvalue weighted by Gasteiger charge is -1.96. The predicted molar refractivity (Wildman–Crippen MR) is 51.7 cm³/mol. The molecule has 0 radical (unpaired) electrons. The summed E-state index contributed by atoms with van der Waals surface area (Å²) < 4.78 is 5.12. The van der Waals surface area contributed by atoms with E-state index in [4.69, 9.17) is 9.52 Å². The Morgan fingerprint density at radius 2 is 2.46 bits per heavy atom. The van der Waals surface area contributed by atoms with Crippen LogP contribution in [0.2, 0.25) is 0 Å². The van der Waals surface area contributed by atoms with E-state index in [9.17, 15) is 4.79 Å². The number of carboxylic acid groups (broad SMARTS) is 1. The number of hydrogen-bond donors (Lipinski definition) is 1. The first-order chi connectivity index (χ1) is 6.29. The van der Waals surface area contributed by atoms with E-state index in [2.05, 4.69) is 0 Å². The molecule has 0 aliphatic heterocycles. The van der Waals surface area contributed by atoms with Gasteiger partial charge in [-0.05, 0) is 24.3 Å². The van der Waals surface area contributed by atoms with E-state index >= 15 is 0 Å². The quantitative estimate of drug-likeness (QED) is 0.716. The second-order valence-electron chi connectivity index (χ2n) is 2.63. The maximum Gasteiger partial charge on any atom is 0.303 e. The topological polar surface area (TPSA) is 50.4 Å². The Kier molecular flexibility index (Phi) is 4.46. The van der Waals surface area contributed by atoms with Crippen LogP contribution in [0.3, 0.4) is 0 Å². The fourth-order valence-corrected chi connectivity index (χ4v) is 1.75. The van der Waals surface area contributed by atoms with E-state index in [0.29, 0.717) is 0 Å². The van der Waals surface area contributed by atoms with Crippen LogP contribution in [0.1, 0.15) is 18.6 Å². The van der Waals surface area contributed by atoms with Gasteiger partial charge in [-0.1, -0.05) is 0 Å². The smallest absolute Gasteiger partial charge is 0.303 e. The highest BCUT2D eigenvalue weighted by atomic mass is 32.2. The number of aliphatic carboxylic acids is 1. The van der Waals surface area contributed by atoms with Gasteiger partial charge in [-0.3, -0.25) is 4.79 Å². The van der Waals surface area contributed by atoms with Gasteiger partial charge < -0.3 is 9.52 Å². The van der Waals surface area contributed by atoms with Gasteiger partial charge in [0.1, 0.15) is 5.76 Å². The van der Waals surface area contributed by atoms with Crippen molar-refractivity contribution in [2.45, 2.75) is 18.6 Å². The van der Waals surface area contributed by atoms with Gasteiger partial charge in [0.25, 0.3) is 0 Å². The summed E-state index contributed by atoms with van der Waals surface area (Å²) in [5.74, 6) is 1.92. The number of hydrogen-bond acceptors (Lipinski definition) is 3. The van der Waals surface area contributed by atoms with E-state index in [1.54, 1.807) is 18.0 Å². The number of rotatable bonds is 6. The third-order valence-electron chi connectivity index (χ3n) is 1.50. The molecule has 72 valence electrons. The average Bonchev–Trinajstić information content (AvgIpc) is 2.55. The van der Waals surface area contributed by atoms with E-state index in [1.165, 1.54) is 0 Å². The van der Waals surface area contributed by atoms with Gasteiger partial charge in [0, 0.05) is 6.42 Å². The van der Waals surface area contributed by atoms with E-state index in [0.717, 1.165) is 23.7 Å². The minimum Gasteiger partial charge on any atom is -0.481 e. The van der Waals surface area contributed by atoms with Crippen LogP contribution in [0, 0.1) is 0 Å². The fraction of sp³-hybridized carbons (Fsp3) is 0.444. The summed E-state index contributed by atoms with van der Waals surface area (Å²) in [6.45, 7) is 0. The standard InChI is InChI=1S/C9H12O3S/c10-9(11)4-2-6-13-7-8-3-1-5-12-8/h1,3,5H,2,4,6-7H2,(H,10,11). The van der Waals surface area contributed by atoms with Gasteiger partial charge in [0.2, 0.25) is 0 Å². The molecule has 0 spiro atoms. The summed E-state index contributed by atoms with van der Waals surface area (Å²) in [7, 11) is 0. The Bertz CT molecular complexity index is 243. The van der Waals surface area contributed by atoms with Gasteiger partial charge in [-0.15, -0.1) is 0 Å². The molecule has 1 rings (SSSR count). The molecule has 0 amide bonds. The maximum atomic E-state index is 10.2. The zero-order valence-electron chi connectivity index (χ0n) is 7.23. The minimum atomic E-state index is -0.724. The van der Waals surface area contributed by atoms with Crippen LogP contribution in [0.25, 0.3) is 0 Å². The molecule has 1 N–H and O–H groups in total. The van der Waals surface area contributed by atoms with Gasteiger partial charge >= 0.3 is 5.97 Å². The van der Waals surface area contributed by atoms with Crippen molar-refractivity contribution in [3.8, 4) is 0 Å². The predicted octanol–water partition coefficient (Wildman–Crippen LogP) is 2.38. The monoisotopic (exact) mass is 200 g/mol. The normalized spacial score (nSPS) is 10.2. The summed E-state index contributed by atoms with van der Waals surface area (Å²) in [6, 6.07) is 3.78. The summed E-state index contributed by atoms with van der Waals surface area (Å²) in [5, 5.41) is 8.37. The molecule has 0 fully saturated rings. The number of carbonyl (C=O) groups is 1. The van der Waals surface area contributed by atoms with Crippen molar-refractivity contribution < 1.29 is 14.3 Å². The molecule has 0 aliphatic carbocycles. The molecule has 3 nitrogen and oxygen atoms in total. The van der Waals surface area contributed by atoms with Crippen LogP contribution >= 0.6 is 11.8 Å². The first kappa shape index (κ1) is 10.2. The third kappa shape index (κ3) is 4.62. The fourth-order valence-electron chi connectivity index (χ4n) is 0.893. The van der Waals surface area contributed by atoms with E-state index < -0.39 is 5.97 Å². The number of carboxylic acids is 1. The first-order valence-electron chi connectivity index (χ1n) is 4.11. The van der Waals surface area contributed by atoms with Crippen LogP contribution in [0.15, 0.2) is 22.8 Å². The summed E-state index contributed by atoms with van der Waals surface area (Å²) in [5.41, 5.74) is 0. The lowest BCUT2D eigenvalue weighted by molar-refractivity contribution is -0.137. The second kappa shape index (κ2) is 5.70. The molecule has 0 atom stereocenters. The molecule has 0 saturated heterocycles. The molecule has 1 aromatic heterocycles. The molecular weight excluding hydrogens is 188 g/mol. The molecular formula is C9H12O3S. The summed E-state index contributed by atoms with van der Waals surface area (Å²) in [6.07, 6.45) is 2.62. The molecule has 0 unspecified atom stereocenters. The van der Waals surface area contributed by atoms with Crippen LogP contribution < -0.4 is 0 Å². The maximum absolute atomic E-state index is 10.2. The molecule has 0 aromatic carbocycles. The largest absolute Gasteiger partial charge is 0.481 e. The molecule has 4 heteroatoms. The van der Waals surface area contributed by atoms with Gasteiger partial charge in [-0.25, -0.2) is 0 Å². The van der Waals surface area contributed by atoms with Gasteiger partial charge in [0.05, 0.1) is 12.0 Å². The first-order valence-corrected chi connectivity index (χ1v) is 5.26. The second-order valence-corrected chi connectivity index (χ2v) is 3.73. The van der Waals surface area contributed by atoms with Crippen molar-refractivity contribution in [3.05, 3.63) is 24.2 Å². The van der Waals surface area contributed by atoms with Crippen LogP contribution in [-0.2, 0) is 10.5 Å².